The Morgan fingerprint density at radius 1 is 1.67 bits per heavy atom. The highest BCUT2D eigenvalue weighted by Crippen LogP contribution is 1.54. The summed E-state index contributed by atoms with van der Waals surface area (Å²) in [6.45, 7) is 3.76. The maximum absolute atomic E-state index is 9.38. The molecule has 0 fully saturated rings. The van der Waals surface area contributed by atoms with Gasteiger partial charge in [0.05, 0.1) is 0 Å². The lowest BCUT2D eigenvalue weighted by molar-refractivity contribution is -0.490. The fraction of sp³-hybridized carbons (Fsp3) is 0.750. The Hall–Kier alpha value is -0.620. The molecule has 34 valence electrons. The SMILES string of the molecule is CC(C)[NH+]=C=O. The zero-order valence-corrected chi connectivity index (χ0v) is 3.99. The molecule has 0 aromatic carbocycles. The van der Waals surface area contributed by atoms with Crippen molar-refractivity contribution in [3.63, 3.8) is 0 Å². The minimum Gasteiger partial charge on any atom is -0.164 e. The number of hydrogen-bond donors (Lipinski definition) is 1. The molecule has 0 aliphatic carbocycles. The van der Waals surface area contributed by atoms with Crippen LogP contribution in [0.15, 0.2) is 0 Å². The summed E-state index contributed by atoms with van der Waals surface area (Å²) in [4.78, 5) is 11.8. The van der Waals surface area contributed by atoms with Gasteiger partial charge in [-0.3, -0.25) is 0 Å². The number of nitrogens with one attached hydrogen (secondary N) is 1. The van der Waals surface area contributed by atoms with E-state index in [2.05, 4.69) is 4.99 Å². The first kappa shape index (κ1) is 5.38. The van der Waals surface area contributed by atoms with Crippen LogP contribution in [-0.4, -0.2) is 12.1 Å². The van der Waals surface area contributed by atoms with E-state index in [0.717, 1.165) is 0 Å². The maximum Gasteiger partial charge on any atom is 0.422 e. The number of hydrogen-bond acceptors (Lipinski definition) is 1. The van der Waals surface area contributed by atoms with Crippen LogP contribution < -0.4 is 4.99 Å². The topological polar surface area (TPSA) is 31.0 Å². The van der Waals surface area contributed by atoms with Crippen molar-refractivity contribution in [1.29, 1.82) is 0 Å². The van der Waals surface area contributed by atoms with E-state index in [1.807, 2.05) is 13.8 Å². The smallest absolute Gasteiger partial charge is 0.164 e. The van der Waals surface area contributed by atoms with Crippen molar-refractivity contribution < 1.29 is 9.79 Å². The first-order valence-electron chi connectivity index (χ1n) is 1.90. The monoisotopic (exact) mass is 86.1 g/mol. The molecule has 0 amide bonds. The molecule has 0 aliphatic heterocycles. The van der Waals surface area contributed by atoms with Crippen LogP contribution in [0.4, 0.5) is 0 Å². The summed E-state index contributed by atoms with van der Waals surface area (Å²) >= 11 is 0. The van der Waals surface area contributed by atoms with Crippen LogP contribution >= 0.6 is 0 Å². The molecule has 0 bridgehead atoms. The van der Waals surface area contributed by atoms with Crippen LogP contribution in [0.2, 0.25) is 0 Å². The van der Waals surface area contributed by atoms with Gasteiger partial charge in [0.2, 0.25) is 0 Å². The van der Waals surface area contributed by atoms with E-state index in [-0.39, 0.29) is 6.04 Å². The van der Waals surface area contributed by atoms with E-state index >= 15 is 0 Å². The van der Waals surface area contributed by atoms with E-state index in [0.29, 0.717) is 0 Å². The Balaban J connectivity index is 3.29. The van der Waals surface area contributed by atoms with Gasteiger partial charge in [-0.25, -0.2) is 0 Å². The molecule has 0 saturated heterocycles. The van der Waals surface area contributed by atoms with Gasteiger partial charge in [-0.15, -0.1) is 0 Å². The molecule has 0 aliphatic rings. The minimum absolute atomic E-state index is 0.225. The average Bonchev–Trinajstić information content (AvgIpc) is 1.35. The Bertz CT molecular complexity index is 71.6. The molecule has 0 atom stereocenters. The molecule has 0 heterocycles. The summed E-state index contributed by atoms with van der Waals surface area (Å²) in [7, 11) is 0. The van der Waals surface area contributed by atoms with Crippen LogP contribution in [0.5, 0.6) is 0 Å². The van der Waals surface area contributed by atoms with Crippen molar-refractivity contribution in [3.8, 4) is 0 Å². The van der Waals surface area contributed by atoms with E-state index in [9.17, 15) is 4.79 Å². The summed E-state index contributed by atoms with van der Waals surface area (Å²) in [5.74, 6) is 0. The lowest BCUT2D eigenvalue weighted by Gasteiger charge is -1.75. The Morgan fingerprint density at radius 2 is 2.17 bits per heavy atom. The van der Waals surface area contributed by atoms with Gasteiger partial charge >= 0.3 is 6.08 Å². The molecule has 1 N–H and O–H groups in total. The zero-order chi connectivity index (χ0) is 4.99. The average molecular weight is 86.1 g/mol. The molecular formula is C4H8NO+. The van der Waals surface area contributed by atoms with Crippen molar-refractivity contribution >= 4 is 6.08 Å². The molecule has 0 aromatic rings. The zero-order valence-electron chi connectivity index (χ0n) is 3.99. The van der Waals surface area contributed by atoms with Crippen molar-refractivity contribution in [2.75, 3.05) is 0 Å². The second-order valence-corrected chi connectivity index (χ2v) is 1.40. The van der Waals surface area contributed by atoms with Crippen molar-refractivity contribution in [2.45, 2.75) is 19.9 Å². The van der Waals surface area contributed by atoms with Gasteiger partial charge < -0.3 is 0 Å². The van der Waals surface area contributed by atoms with E-state index in [4.69, 9.17) is 0 Å². The van der Waals surface area contributed by atoms with Gasteiger partial charge in [-0.05, 0) is 13.8 Å². The highest BCUT2D eigenvalue weighted by molar-refractivity contribution is 5.22. The van der Waals surface area contributed by atoms with Crippen molar-refractivity contribution in [3.05, 3.63) is 0 Å². The highest BCUT2D eigenvalue weighted by atomic mass is 16.1. The first-order chi connectivity index (χ1) is 2.77. The molecule has 6 heavy (non-hydrogen) atoms. The summed E-state index contributed by atoms with van der Waals surface area (Å²) in [6.07, 6.45) is 1.57. The second kappa shape index (κ2) is 2.61. The normalized spacial score (nSPS) is 7.83. The lowest BCUT2D eigenvalue weighted by atomic mass is 10.4. The number of rotatable bonds is 1. The third kappa shape index (κ3) is 3.38. The maximum atomic E-state index is 9.38. The minimum atomic E-state index is 0.225. The van der Waals surface area contributed by atoms with E-state index < -0.39 is 0 Å². The van der Waals surface area contributed by atoms with Gasteiger partial charge in [-0.2, -0.15) is 9.79 Å². The van der Waals surface area contributed by atoms with Crippen molar-refractivity contribution in [1.82, 2.24) is 0 Å². The summed E-state index contributed by atoms with van der Waals surface area (Å²) in [6, 6.07) is 0.225. The lowest BCUT2D eigenvalue weighted by Crippen LogP contribution is -2.72. The van der Waals surface area contributed by atoms with Gasteiger partial charge in [-0.1, -0.05) is 0 Å². The van der Waals surface area contributed by atoms with Gasteiger partial charge in [0.1, 0.15) is 0 Å². The second-order valence-electron chi connectivity index (χ2n) is 1.40. The largest absolute Gasteiger partial charge is 0.422 e. The Morgan fingerprint density at radius 3 is 2.17 bits per heavy atom. The fourth-order valence-corrected chi connectivity index (χ4v) is 0.118. The van der Waals surface area contributed by atoms with Crippen LogP contribution in [0.3, 0.4) is 0 Å². The third-order valence-corrected chi connectivity index (χ3v) is 0.348. The summed E-state index contributed by atoms with van der Waals surface area (Å²) < 4.78 is 0. The number of isocyanates is 1. The summed E-state index contributed by atoms with van der Waals surface area (Å²) in [5, 5.41) is 0. The molecular weight excluding hydrogens is 78.0 g/mol. The molecule has 0 unspecified atom stereocenters. The van der Waals surface area contributed by atoms with Gasteiger partial charge in [0.25, 0.3) is 0 Å². The van der Waals surface area contributed by atoms with Crippen LogP contribution in [0.1, 0.15) is 13.8 Å². The van der Waals surface area contributed by atoms with Gasteiger partial charge in [0.15, 0.2) is 6.04 Å². The standard InChI is InChI=1S/C4H7NO/c1-4(2)5-3-6/h4H,1-2H3/p+1. The third-order valence-electron chi connectivity index (χ3n) is 0.348. The highest BCUT2D eigenvalue weighted by Gasteiger charge is 1.86. The van der Waals surface area contributed by atoms with E-state index in [1.165, 1.54) is 0 Å². The predicted octanol–water partition coefficient (Wildman–Crippen LogP) is -1.19. The van der Waals surface area contributed by atoms with Crippen LogP contribution in [0.25, 0.3) is 0 Å². The predicted molar refractivity (Wildman–Crippen MR) is 21.8 cm³/mol. The Kier molecular flexibility index (Phi) is 2.34. The molecule has 2 heteroatoms. The van der Waals surface area contributed by atoms with Crippen LogP contribution in [-0.2, 0) is 4.79 Å². The fourth-order valence-electron chi connectivity index (χ4n) is 0.118. The summed E-state index contributed by atoms with van der Waals surface area (Å²) in [5.41, 5.74) is 0. The molecule has 0 aromatic heterocycles. The van der Waals surface area contributed by atoms with E-state index in [1.54, 1.807) is 6.08 Å². The number of carbonyl (C=O) groups excluding carboxylic acids is 1. The molecule has 0 spiro atoms. The Labute approximate surface area is 36.9 Å². The van der Waals surface area contributed by atoms with Crippen LogP contribution in [0, 0.1) is 0 Å². The first-order valence-corrected chi connectivity index (χ1v) is 1.90. The van der Waals surface area contributed by atoms with Crippen molar-refractivity contribution in [2.24, 2.45) is 0 Å². The molecule has 2 nitrogen and oxygen atoms in total. The molecule has 0 radical (unpaired) electrons. The van der Waals surface area contributed by atoms with Gasteiger partial charge in [0, 0.05) is 0 Å². The molecule has 0 saturated carbocycles. The molecule has 0 rings (SSSR count). The quantitative estimate of drug-likeness (QED) is 0.316.